The van der Waals surface area contributed by atoms with Crippen LogP contribution in [0.3, 0.4) is 0 Å². The lowest BCUT2D eigenvalue weighted by Gasteiger charge is -2.15. The molecule has 0 fully saturated rings. The van der Waals surface area contributed by atoms with Crippen molar-refractivity contribution in [1.82, 2.24) is 14.5 Å². The highest BCUT2D eigenvalue weighted by Gasteiger charge is 2.17. The summed E-state index contributed by atoms with van der Waals surface area (Å²) >= 11 is 0. The van der Waals surface area contributed by atoms with Crippen molar-refractivity contribution in [2.24, 2.45) is 0 Å². The summed E-state index contributed by atoms with van der Waals surface area (Å²) < 4.78 is 71.2. The summed E-state index contributed by atoms with van der Waals surface area (Å²) in [5.41, 5.74) is 6.76. The normalized spacial score (nSPS) is 13.8. The SMILES string of the molecule is [2H]c1c([2H])c([2H])c2c(c1[2H])c1c([2H])c([2H])c([2H])c([2H])c1n2-c1ccc(-c2cc(-c3ccc(-c4ccccc4)cc3)nc(-c3ccccc3)n2)c2ccccc12. The van der Waals surface area contributed by atoms with E-state index in [4.69, 9.17) is 20.9 Å². The van der Waals surface area contributed by atoms with Gasteiger partial charge in [0.25, 0.3) is 0 Å². The molecule has 9 rings (SSSR count). The molecule has 47 heavy (non-hydrogen) atoms. The molecule has 2 heterocycles. The molecule has 0 radical (unpaired) electrons. The third-order valence-electron chi connectivity index (χ3n) is 8.50. The van der Waals surface area contributed by atoms with E-state index in [1.807, 2.05) is 91.0 Å². The van der Waals surface area contributed by atoms with Gasteiger partial charge in [0.2, 0.25) is 0 Å². The molecular weight excluding hydrogens is 571 g/mol. The average Bonchev–Trinajstić information content (AvgIpc) is 3.60. The number of hydrogen-bond donors (Lipinski definition) is 0. The van der Waals surface area contributed by atoms with Gasteiger partial charge in [-0.05, 0) is 40.7 Å². The van der Waals surface area contributed by atoms with Gasteiger partial charge in [-0.25, -0.2) is 9.97 Å². The fourth-order valence-corrected chi connectivity index (χ4v) is 6.28. The van der Waals surface area contributed by atoms with E-state index in [1.165, 1.54) is 0 Å². The lowest BCUT2D eigenvalue weighted by atomic mass is 9.98. The van der Waals surface area contributed by atoms with Crippen molar-refractivity contribution in [1.29, 1.82) is 0 Å². The number of aromatic nitrogens is 3. The molecule has 0 saturated carbocycles. The standard InChI is InChI=1S/C44H29N3/c1-3-13-30(14-4-1)31-23-25-32(26-24-31)39-29-40(46-44(45-39)33-15-5-2-6-16-33)35-27-28-43(36-18-8-7-17-34(35)36)47-41-21-11-9-19-37(41)38-20-10-12-22-42(38)47/h1-29H/i9D,10D,11D,12D,19D,20D,21D,22D. The molecule has 3 heteroatoms. The summed E-state index contributed by atoms with van der Waals surface area (Å²) in [6.07, 6.45) is 0. The van der Waals surface area contributed by atoms with Crippen molar-refractivity contribution in [3.8, 4) is 50.7 Å². The van der Waals surface area contributed by atoms with E-state index < -0.39 is 24.2 Å². The third kappa shape index (κ3) is 4.68. The monoisotopic (exact) mass is 607 g/mol. The van der Waals surface area contributed by atoms with E-state index in [2.05, 4.69) is 36.4 Å². The van der Waals surface area contributed by atoms with Gasteiger partial charge < -0.3 is 4.57 Å². The predicted octanol–water partition coefficient (Wildman–Crippen LogP) is 11.4. The average molecular weight is 608 g/mol. The van der Waals surface area contributed by atoms with Crippen LogP contribution < -0.4 is 0 Å². The van der Waals surface area contributed by atoms with Crippen molar-refractivity contribution in [2.45, 2.75) is 0 Å². The Kier molecular flexibility index (Phi) is 4.77. The number of rotatable bonds is 5. The molecule has 0 spiro atoms. The van der Waals surface area contributed by atoms with Crippen molar-refractivity contribution < 1.29 is 11.0 Å². The molecule has 3 nitrogen and oxygen atoms in total. The van der Waals surface area contributed by atoms with Gasteiger partial charge in [0, 0.05) is 32.8 Å². The summed E-state index contributed by atoms with van der Waals surface area (Å²) in [6, 6.07) is 38.2. The van der Waals surface area contributed by atoms with Gasteiger partial charge in [0.1, 0.15) is 0 Å². The summed E-state index contributed by atoms with van der Waals surface area (Å²) in [5.74, 6) is 0.544. The van der Waals surface area contributed by atoms with Crippen LogP contribution in [-0.4, -0.2) is 14.5 Å². The van der Waals surface area contributed by atoms with Crippen LogP contribution in [0, 0.1) is 0 Å². The fraction of sp³-hybridized carbons (Fsp3) is 0. The third-order valence-corrected chi connectivity index (χ3v) is 8.50. The molecule has 0 aliphatic carbocycles. The number of nitrogens with zero attached hydrogens (tertiary/aromatic N) is 3. The minimum atomic E-state index is -0.479. The molecule has 9 aromatic rings. The minimum Gasteiger partial charge on any atom is -0.309 e. The molecule has 0 atom stereocenters. The molecular formula is C44H29N3. The Bertz CT molecular complexity index is 2920. The zero-order valence-electron chi connectivity index (χ0n) is 33.0. The molecule has 0 saturated heterocycles. The second-order valence-electron chi connectivity index (χ2n) is 11.2. The number of fused-ring (bicyclic) bond motifs is 4. The first kappa shape index (κ1) is 19.9. The summed E-state index contributed by atoms with van der Waals surface area (Å²) in [4.78, 5) is 10.1. The van der Waals surface area contributed by atoms with E-state index in [1.54, 1.807) is 4.57 Å². The number of benzene rings is 7. The van der Waals surface area contributed by atoms with Crippen LogP contribution in [0.25, 0.3) is 83.3 Å². The molecule has 0 unspecified atom stereocenters. The van der Waals surface area contributed by atoms with Crippen LogP contribution in [0.2, 0.25) is 0 Å². The Hall–Kier alpha value is -6.32. The Balaban J connectivity index is 1.31. The Morgan fingerprint density at radius 2 is 0.957 bits per heavy atom. The van der Waals surface area contributed by atoms with E-state index in [0.717, 1.165) is 38.9 Å². The summed E-state index contributed by atoms with van der Waals surface area (Å²) in [7, 11) is 0. The van der Waals surface area contributed by atoms with Gasteiger partial charge in [0.05, 0.1) is 39.1 Å². The first-order valence-corrected chi connectivity index (χ1v) is 15.3. The van der Waals surface area contributed by atoms with Crippen molar-refractivity contribution in [3.63, 3.8) is 0 Å². The summed E-state index contributed by atoms with van der Waals surface area (Å²) in [5, 5.41) is 1.53. The molecule has 0 N–H and O–H groups in total. The van der Waals surface area contributed by atoms with Gasteiger partial charge in [-0.1, -0.05) is 152 Å². The van der Waals surface area contributed by atoms with E-state index in [-0.39, 0.29) is 46.0 Å². The second-order valence-corrected chi connectivity index (χ2v) is 11.2. The second kappa shape index (κ2) is 11.2. The van der Waals surface area contributed by atoms with Crippen LogP contribution >= 0.6 is 0 Å². The molecule has 2 aromatic heterocycles. The predicted molar refractivity (Wildman–Crippen MR) is 196 cm³/mol. The molecule has 0 amide bonds. The highest BCUT2D eigenvalue weighted by Crippen LogP contribution is 2.38. The van der Waals surface area contributed by atoms with Crippen LogP contribution in [0.1, 0.15) is 11.0 Å². The molecule has 0 aliphatic heterocycles. The number of para-hydroxylation sites is 2. The zero-order valence-corrected chi connectivity index (χ0v) is 25.0. The lowest BCUT2D eigenvalue weighted by Crippen LogP contribution is -1.99. The smallest absolute Gasteiger partial charge is 0.160 e. The maximum atomic E-state index is 9.01. The fourth-order valence-electron chi connectivity index (χ4n) is 6.28. The van der Waals surface area contributed by atoms with Gasteiger partial charge in [-0.2, -0.15) is 0 Å². The molecule has 220 valence electrons. The highest BCUT2D eigenvalue weighted by molar-refractivity contribution is 6.11. The van der Waals surface area contributed by atoms with E-state index in [9.17, 15) is 0 Å². The minimum absolute atomic E-state index is 0.0346. The van der Waals surface area contributed by atoms with Crippen molar-refractivity contribution in [3.05, 3.63) is 176 Å². The lowest BCUT2D eigenvalue weighted by molar-refractivity contribution is 1.18. The number of hydrogen-bond acceptors (Lipinski definition) is 2. The maximum absolute atomic E-state index is 9.01. The topological polar surface area (TPSA) is 30.7 Å². The van der Waals surface area contributed by atoms with Crippen LogP contribution in [0.5, 0.6) is 0 Å². The van der Waals surface area contributed by atoms with E-state index in [0.29, 0.717) is 22.6 Å². The van der Waals surface area contributed by atoms with Gasteiger partial charge in [0.15, 0.2) is 5.82 Å². The Morgan fingerprint density at radius 3 is 1.64 bits per heavy atom. The molecule has 0 aliphatic rings. The van der Waals surface area contributed by atoms with Crippen LogP contribution in [0.4, 0.5) is 0 Å². The van der Waals surface area contributed by atoms with Gasteiger partial charge in [-0.15, -0.1) is 0 Å². The van der Waals surface area contributed by atoms with Crippen molar-refractivity contribution >= 4 is 32.6 Å². The van der Waals surface area contributed by atoms with Crippen molar-refractivity contribution in [2.75, 3.05) is 0 Å². The van der Waals surface area contributed by atoms with Crippen LogP contribution in [0.15, 0.2) is 176 Å². The summed E-state index contributed by atoms with van der Waals surface area (Å²) in [6.45, 7) is 0. The highest BCUT2D eigenvalue weighted by atomic mass is 15.0. The first-order chi connectivity index (χ1) is 26.6. The maximum Gasteiger partial charge on any atom is 0.160 e. The zero-order chi connectivity index (χ0) is 38.1. The first-order valence-electron chi connectivity index (χ1n) is 19.3. The van der Waals surface area contributed by atoms with Crippen LogP contribution in [-0.2, 0) is 0 Å². The molecule has 0 bridgehead atoms. The quantitative estimate of drug-likeness (QED) is 0.195. The Labute approximate surface area is 284 Å². The van der Waals surface area contributed by atoms with E-state index >= 15 is 0 Å². The van der Waals surface area contributed by atoms with Gasteiger partial charge >= 0.3 is 0 Å². The van der Waals surface area contributed by atoms with Gasteiger partial charge in [-0.3, -0.25) is 0 Å². The largest absolute Gasteiger partial charge is 0.309 e. The Morgan fingerprint density at radius 1 is 0.426 bits per heavy atom. The molecule has 7 aromatic carbocycles.